The molecule has 1 aliphatic heterocycles. The van der Waals surface area contributed by atoms with Gasteiger partial charge in [0.25, 0.3) is 5.91 Å². The number of fused-ring (bicyclic) bond motifs is 1. The molecule has 0 spiro atoms. The Morgan fingerprint density at radius 3 is 2.81 bits per heavy atom. The molecule has 1 N–H and O–H groups in total. The topological polar surface area (TPSA) is 73.3 Å². The van der Waals surface area contributed by atoms with Gasteiger partial charge in [-0.2, -0.15) is 0 Å². The first-order valence-electron chi connectivity index (χ1n) is 6.70. The molecule has 0 radical (unpaired) electrons. The van der Waals surface area contributed by atoms with Crippen molar-refractivity contribution in [2.75, 3.05) is 13.2 Å². The van der Waals surface area contributed by atoms with Crippen molar-refractivity contribution in [1.82, 2.24) is 15.3 Å². The van der Waals surface area contributed by atoms with E-state index in [0.717, 1.165) is 11.3 Å². The van der Waals surface area contributed by atoms with E-state index in [0.29, 0.717) is 24.7 Å². The van der Waals surface area contributed by atoms with E-state index < -0.39 is 0 Å². The number of aromatic nitrogens is 2. The quantitative estimate of drug-likeness (QED) is 0.930. The Kier molecular flexibility index (Phi) is 3.68. The summed E-state index contributed by atoms with van der Waals surface area (Å²) in [5, 5.41) is 2.88. The van der Waals surface area contributed by atoms with Gasteiger partial charge in [0.05, 0.1) is 12.2 Å². The maximum Gasteiger partial charge on any atom is 0.271 e. The lowest BCUT2D eigenvalue weighted by Crippen LogP contribution is -2.27. The van der Waals surface area contributed by atoms with Gasteiger partial charge in [0.2, 0.25) is 0 Å². The molecule has 0 saturated heterocycles. The number of ether oxygens (including phenoxy) is 2. The lowest BCUT2D eigenvalue weighted by Gasteiger charge is -2.21. The molecule has 6 heteroatoms. The highest BCUT2D eigenvalue weighted by molar-refractivity contribution is 5.92. The first-order valence-corrected chi connectivity index (χ1v) is 6.70. The number of carbonyl (C=O) groups excluding carboxylic acids is 1. The summed E-state index contributed by atoms with van der Waals surface area (Å²) in [7, 11) is 0. The van der Waals surface area contributed by atoms with Crippen LogP contribution in [0.25, 0.3) is 0 Å². The Morgan fingerprint density at radius 2 is 2.05 bits per heavy atom. The smallest absolute Gasteiger partial charge is 0.271 e. The Balaban J connectivity index is 1.73. The highest BCUT2D eigenvalue weighted by Gasteiger charge is 2.16. The molecule has 2 heterocycles. The zero-order valence-corrected chi connectivity index (χ0v) is 11.6. The number of amides is 1. The van der Waals surface area contributed by atoms with E-state index in [-0.39, 0.29) is 11.9 Å². The molecule has 1 aliphatic rings. The Hall–Kier alpha value is -2.63. The summed E-state index contributed by atoms with van der Waals surface area (Å²) in [5.74, 6) is 1.18. The van der Waals surface area contributed by atoms with Crippen molar-refractivity contribution in [3.8, 4) is 11.5 Å². The van der Waals surface area contributed by atoms with Crippen LogP contribution in [0, 0.1) is 0 Å². The Bertz CT molecular complexity index is 646. The van der Waals surface area contributed by atoms with Crippen molar-refractivity contribution in [3.05, 3.63) is 48.0 Å². The number of nitrogens with zero attached hydrogens (tertiary/aromatic N) is 2. The number of rotatable bonds is 3. The monoisotopic (exact) mass is 285 g/mol. The molecule has 0 bridgehead atoms. The summed E-state index contributed by atoms with van der Waals surface area (Å²) < 4.78 is 11.0. The molecule has 2 aromatic rings. The molecular formula is C15H15N3O3. The van der Waals surface area contributed by atoms with Gasteiger partial charge in [0.15, 0.2) is 11.5 Å². The summed E-state index contributed by atoms with van der Waals surface area (Å²) in [6, 6.07) is 5.48. The first-order chi connectivity index (χ1) is 10.2. The molecule has 0 aliphatic carbocycles. The van der Waals surface area contributed by atoms with Crippen molar-refractivity contribution >= 4 is 5.91 Å². The minimum Gasteiger partial charge on any atom is -0.486 e. The molecule has 0 saturated carbocycles. The van der Waals surface area contributed by atoms with Crippen LogP contribution in [0.2, 0.25) is 0 Å². The summed E-state index contributed by atoms with van der Waals surface area (Å²) >= 11 is 0. The first kappa shape index (κ1) is 13.4. The Labute approximate surface area is 122 Å². The van der Waals surface area contributed by atoms with Crippen LogP contribution in [0.1, 0.15) is 29.0 Å². The van der Waals surface area contributed by atoms with Crippen LogP contribution in [0.3, 0.4) is 0 Å². The van der Waals surface area contributed by atoms with Crippen LogP contribution >= 0.6 is 0 Å². The van der Waals surface area contributed by atoms with E-state index >= 15 is 0 Å². The molecule has 1 aromatic carbocycles. The molecule has 1 atom stereocenters. The van der Waals surface area contributed by atoms with E-state index in [1.165, 1.54) is 18.6 Å². The van der Waals surface area contributed by atoms with Gasteiger partial charge in [0.1, 0.15) is 18.9 Å². The summed E-state index contributed by atoms with van der Waals surface area (Å²) in [4.78, 5) is 19.9. The maximum absolute atomic E-state index is 12.0. The molecule has 0 unspecified atom stereocenters. The van der Waals surface area contributed by atoms with E-state index in [4.69, 9.17) is 9.47 Å². The number of hydrogen-bond donors (Lipinski definition) is 1. The van der Waals surface area contributed by atoms with Crippen LogP contribution in [-0.4, -0.2) is 29.1 Å². The van der Waals surface area contributed by atoms with E-state index in [1.54, 1.807) is 0 Å². The van der Waals surface area contributed by atoms with Gasteiger partial charge in [-0.15, -0.1) is 0 Å². The normalized spacial score (nSPS) is 14.3. The fourth-order valence-electron chi connectivity index (χ4n) is 2.10. The second-order valence-electron chi connectivity index (χ2n) is 4.69. The molecule has 0 fully saturated rings. The van der Waals surface area contributed by atoms with E-state index in [1.807, 2.05) is 25.1 Å². The highest BCUT2D eigenvalue weighted by atomic mass is 16.6. The van der Waals surface area contributed by atoms with Crippen LogP contribution in [-0.2, 0) is 0 Å². The molecule has 3 rings (SSSR count). The second kappa shape index (κ2) is 5.78. The van der Waals surface area contributed by atoms with E-state index in [2.05, 4.69) is 15.3 Å². The third-order valence-electron chi connectivity index (χ3n) is 3.21. The average molecular weight is 285 g/mol. The maximum atomic E-state index is 12.0. The van der Waals surface area contributed by atoms with Crippen LogP contribution in [0.5, 0.6) is 11.5 Å². The largest absolute Gasteiger partial charge is 0.486 e. The Morgan fingerprint density at radius 1 is 1.24 bits per heavy atom. The zero-order valence-electron chi connectivity index (χ0n) is 11.6. The van der Waals surface area contributed by atoms with Crippen molar-refractivity contribution in [2.24, 2.45) is 0 Å². The molecular weight excluding hydrogens is 270 g/mol. The summed E-state index contributed by atoms with van der Waals surface area (Å²) in [5.41, 5.74) is 1.23. The van der Waals surface area contributed by atoms with Gasteiger partial charge in [-0.25, -0.2) is 4.98 Å². The second-order valence-corrected chi connectivity index (χ2v) is 4.69. The summed E-state index contributed by atoms with van der Waals surface area (Å²) in [6.07, 6.45) is 4.45. The van der Waals surface area contributed by atoms with E-state index in [9.17, 15) is 4.79 Å². The fraction of sp³-hybridized carbons (Fsp3) is 0.267. The van der Waals surface area contributed by atoms with Gasteiger partial charge in [-0.3, -0.25) is 9.78 Å². The zero-order chi connectivity index (χ0) is 14.7. The molecule has 1 amide bonds. The molecule has 21 heavy (non-hydrogen) atoms. The standard InChI is InChI=1S/C15H15N3O3/c1-10(18-15(19)12-9-16-4-5-17-12)11-2-3-13-14(8-11)21-7-6-20-13/h2-5,8-10H,6-7H2,1H3,(H,18,19)/t10-/m0/s1. The molecule has 1 aromatic heterocycles. The average Bonchev–Trinajstić information content (AvgIpc) is 2.55. The SMILES string of the molecule is C[C@H](NC(=O)c1cnccn1)c1ccc2c(c1)OCCO2. The third kappa shape index (κ3) is 2.94. The van der Waals surface area contributed by atoms with Crippen molar-refractivity contribution in [1.29, 1.82) is 0 Å². The fourth-order valence-corrected chi connectivity index (χ4v) is 2.10. The predicted octanol–water partition coefficient (Wildman–Crippen LogP) is 1.74. The van der Waals surface area contributed by atoms with Crippen LogP contribution < -0.4 is 14.8 Å². The lowest BCUT2D eigenvalue weighted by atomic mass is 10.1. The van der Waals surface area contributed by atoms with Crippen molar-refractivity contribution in [3.63, 3.8) is 0 Å². The van der Waals surface area contributed by atoms with Gasteiger partial charge < -0.3 is 14.8 Å². The van der Waals surface area contributed by atoms with Crippen molar-refractivity contribution in [2.45, 2.75) is 13.0 Å². The minimum atomic E-state index is -0.259. The van der Waals surface area contributed by atoms with Crippen LogP contribution in [0.15, 0.2) is 36.8 Å². The summed E-state index contributed by atoms with van der Waals surface area (Å²) in [6.45, 7) is 3.00. The highest BCUT2D eigenvalue weighted by Crippen LogP contribution is 2.32. The molecule has 6 nitrogen and oxygen atoms in total. The molecule has 108 valence electrons. The third-order valence-corrected chi connectivity index (χ3v) is 3.21. The lowest BCUT2D eigenvalue weighted by molar-refractivity contribution is 0.0934. The number of carbonyl (C=O) groups is 1. The van der Waals surface area contributed by atoms with Crippen molar-refractivity contribution < 1.29 is 14.3 Å². The van der Waals surface area contributed by atoms with Crippen LogP contribution in [0.4, 0.5) is 0 Å². The van der Waals surface area contributed by atoms with Gasteiger partial charge in [0, 0.05) is 12.4 Å². The van der Waals surface area contributed by atoms with Gasteiger partial charge >= 0.3 is 0 Å². The number of benzene rings is 1. The number of nitrogens with one attached hydrogen (secondary N) is 1. The predicted molar refractivity (Wildman–Crippen MR) is 75.3 cm³/mol. The van der Waals surface area contributed by atoms with Gasteiger partial charge in [-0.05, 0) is 24.6 Å². The minimum absolute atomic E-state index is 0.171. The number of hydrogen-bond acceptors (Lipinski definition) is 5. The van der Waals surface area contributed by atoms with Gasteiger partial charge in [-0.1, -0.05) is 6.07 Å².